The van der Waals surface area contributed by atoms with Gasteiger partial charge in [0.1, 0.15) is 6.04 Å². The zero-order valence-electron chi connectivity index (χ0n) is 20.3. The summed E-state index contributed by atoms with van der Waals surface area (Å²) in [6, 6.07) is 5.16. The smallest absolute Gasteiger partial charge is 0.326 e. The average molecular weight is 551 g/mol. The van der Waals surface area contributed by atoms with Crippen LogP contribution in [0.25, 0.3) is 11.2 Å². The van der Waals surface area contributed by atoms with Crippen LogP contribution in [0.4, 0.5) is 17.5 Å². The molecule has 0 saturated heterocycles. The van der Waals surface area contributed by atoms with Crippen LogP contribution in [-0.4, -0.2) is 80.3 Å². The number of nitrogens with two attached hydrogens (primary N) is 2. The molecule has 3 aromatic rings. The van der Waals surface area contributed by atoms with E-state index in [0.717, 1.165) is 5.69 Å². The number of carboxylic acid groups (broad SMARTS) is 2. The molecule has 16 nitrogen and oxygen atoms in total. The largest absolute Gasteiger partial charge is 0.481 e. The van der Waals surface area contributed by atoms with E-state index in [0.29, 0.717) is 29.7 Å². The maximum absolute atomic E-state index is 12.4. The molecule has 0 aliphatic rings. The van der Waals surface area contributed by atoms with Gasteiger partial charge in [0.2, 0.25) is 5.95 Å². The van der Waals surface area contributed by atoms with E-state index in [1.54, 1.807) is 18.3 Å². The minimum Gasteiger partial charge on any atom is -0.481 e. The van der Waals surface area contributed by atoms with Crippen LogP contribution in [0.1, 0.15) is 28.9 Å². The number of carbonyl (C=O) groups is 3. The van der Waals surface area contributed by atoms with E-state index in [1.165, 1.54) is 12.1 Å². The van der Waals surface area contributed by atoms with Crippen LogP contribution in [0.5, 0.6) is 0 Å². The Kier molecular flexibility index (Phi) is 9.77. The molecule has 0 fully saturated rings. The second kappa shape index (κ2) is 12.5. The number of fused-ring (bicyclic) bond motifs is 1. The Morgan fingerprint density at radius 1 is 1.08 bits per heavy atom. The van der Waals surface area contributed by atoms with Crippen LogP contribution >= 0.6 is 0 Å². The Balaban J connectivity index is 0.000000926. The van der Waals surface area contributed by atoms with Gasteiger partial charge in [0.15, 0.2) is 17.0 Å². The zero-order valence-corrected chi connectivity index (χ0v) is 21.1. The van der Waals surface area contributed by atoms with Gasteiger partial charge in [-0.1, -0.05) is 0 Å². The standard InChI is InChI=1S/C20H22N8O5.CH4O3S/c1-28(9-11-8-23-17-15(24-11)16(21)26-20(22)27-17)12-4-2-10(3-5-12)18(31)25-13(19(32)33)6-7-14(29)30;1-5(2,3)4/h2-5,8,13H,6-7,9H2,1H3,(H,25,31)(H,29,30)(H,32,33)(H4,21,22,23,26,27);1H3,(H,2,3,4). The fraction of sp³-hybridized carbons (Fsp3) is 0.286. The normalized spacial score (nSPS) is 11.7. The number of aliphatic carboxylic acids is 2. The van der Waals surface area contributed by atoms with Crippen LogP contribution in [0.2, 0.25) is 0 Å². The van der Waals surface area contributed by atoms with E-state index in [-0.39, 0.29) is 30.2 Å². The number of hydrogen-bond donors (Lipinski definition) is 6. The maximum Gasteiger partial charge on any atom is 0.326 e. The van der Waals surface area contributed by atoms with Crippen molar-refractivity contribution in [1.82, 2.24) is 25.3 Å². The van der Waals surface area contributed by atoms with Crippen molar-refractivity contribution in [3.05, 3.63) is 41.7 Å². The van der Waals surface area contributed by atoms with E-state index >= 15 is 0 Å². The summed E-state index contributed by atoms with van der Waals surface area (Å²) in [5.41, 5.74) is 13.7. The molecule has 0 bridgehead atoms. The molecule has 2 heterocycles. The Labute approximate surface area is 216 Å². The van der Waals surface area contributed by atoms with Crippen LogP contribution in [0, 0.1) is 0 Å². The molecule has 17 heteroatoms. The SMILES string of the molecule is CN(Cc1cnc2nc(N)nc(N)c2n1)c1ccc(C(=O)NC(CCC(=O)O)C(=O)O)cc1.CS(=O)(=O)O. The van der Waals surface area contributed by atoms with Gasteiger partial charge in [-0.3, -0.25) is 14.1 Å². The molecule has 0 radical (unpaired) electrons. The molecule has 38 heavy (non-hydrogen) atoms. The summed E-state index contributed by atoms with van der Waals surface area (Å²) in [5.74, 6) is -2.91. The third-order valence-corrected chi connectivity index (χ3v) is 4.72. The molecule has 1 unspecified atom stereocenters. The third kappa shape index (κ3) is 9.43. The van der Waals surface area contributed by atoms with Crippen molar-refractivity contribution in [2.45, 2.75) is 25.4 Å². The van der Waals surface area contributed by atoms with Crippen molar-refractivity contribution in [1.29, 1.82) is 0 Å². The molecule has 2 aromatic heterocycles. The number of carbonyl (C=O) groups excluding carboxylic acids is 1. The van der Waals surface area contributed by atoms with Gasteiger partial charge in [0, 0.05) is 24.7 Å². The van der Waals surface area contributed by atoms with Crippen molar-refractivity contribution in [2.75, 3.05) is 29.7 Å². The summed E-state index contributed by atoms with van der Waals surface area (Å²) in [4.78, 5) is 52.7. The van der Waals surface area contributed by atoms with Gasteiger partial charge in [0.05, 0.1) is 24.7 Å². The molecule has 1 amide bonds. The predicted octanol–water partition coefficient (Wildman–Crippen LogP) is -0.228. The number of nitrogens with one attached hydrogen (secondary N) is 1. The number of nitrogens with zero attached hydrogens (tertiary/aromatic N) is 5. The molecule has 0 spiro atoms. The molecule has 1 atom stereocenters. The Morgan fingerprint density at radius 2 is 1.68 bits per heavy atom. The van der Waals surface area contributed by atoms with Gasteiger partial charge >= 0.3 is 11.9 Å². The lowest BCUT2D eigenvalue weighted by Gasteiger charge is -2.19. The highest BCUT2D eigenvalue weighted by atomic mass is 32.2. The van der Waals surface area contributed by atoms with E-state index in [1.807, 2.05) is 11.9 Å². The fourth-order valence-corrected chi connectivity index (χ4v) is 3.03. The van der Waals surface area contributed by atoms with Gasteiger partial charge in [-0.2, -0.15) is 18.4 Å². The lowest BCUT2D eigenvalue weighted by molar-refractivity contribution is -0.140. The Hall–Kier alpha value is -4.64. The first-order chi connectivity index (χ1) is 17.6. The molecule has 1 aromatic carbocycles. The Bertz CT molecular complexity index is 1430. The van der Waals surface area contributed by atoms with Gasteiger partial charge < -0.3 is 31.9 Å². The number of anilines is 3. The number of carboxylic acids is 2. The van der Waals surface area contributed by atoms with Crippen molar-refractivity contribution in [3.63, 3.8) is 0 Å². The Morgan fingerprint density at radius 3 is 2.24 bits per heavy atom. The van der Waals surface area contributed by atoms with Gasteiger partial charge in [0.25, 0.3) is 16.0 Å². The van der Waals surface area contributed by atoms with Crippen LogP contribution in [-0.2, 0) is 26.3 Å². The van der Waals surface area contributed by atoms with Crippen molar-refractivity contribution >= 4 is 56.6 Å². The molecule has 0 aliphatic heterocycles. The average Bonchev–Trinajstić information content (AvgIpc) is 2.80. The van der Waals surface area contributed by atoms with Gasteiger partial charge in [-0.15, -0.1) is 0 Å². The highest BCUT2D eigenvalue weighted by molar-refractivity contribution is 7.85. The van der Waals surface area contributed by atoms with Crippen molar-refractivity contribution in [2.24, 2.45) is 0 Å². The summed E-state index contributed by atoms with van der Waals surface area (Å²) in [6.45, 7) is 0.370. The number of amides is 1. The second-order valence-corrected chi connectivity index (χ2v) is 9.40. The van der Waals surface area contributed by atoms with Gasteiger partial charge in [-0.05, 0) is 30.7 Å². The molecule has 0 saturated carbocycles. The predicted molar refractivity (Wildman–Crippen MR) is 136 cm³/mol. The van der Waals surface area contributed by atoms with Crippen LogP contribution < -0.4 is 21.7 Å². The maximum atomic E-state index is 12.4. The summed E-state index contributed by atoms with van der Waals surface area (Å²) < 4.78 is 25.9. The summed E-state index contributed by atoms with van der Waals surface area (Å²) in [5, 5.41) is 20.2. The highest BCUT2D eigenvalue weighted by Gasteiger charge is 2.21. The molecular formula is C21H26N8O8S. The number of benzene rings is 1. The van der Waals surface area contributed by atoms with Crippen LogP contribution in [0.15, 0.2) is 30.5 Å². The number of nitrogen functional groups attached to an aromatic ring is 2. The fourth-order valence-electron chi connectivity index (χ4n) is 3.03. The monoisotopic (exact) mass is 550 g/mol. The first-order valence-corrected chi connectivity index (χ1v) is 12.5. The number of hydrogen-bond acceptors (Lipinski definition) is 12. The highest BCUT2D eigenvalue weighted by Crippen LogP contribution is 2.19. The van der Waals surface area contributed by atoms with E-state index in [2.05, 4.69) is 25.3 Å². The first kappa shape index (κ1) is 29.6. The van der Waals surface area contributed by atoms with Gasteiger partial charge in [-0.25, -0.2) is 14.8 Å². The second-order valence-electron chi connectivity index (χ2n) is 7.93. The van der Waals surface area contributed by atoms with Crippen LogP contribution in [0.3, 0.4) is 0 Å². The summed E-state index contributed by atoms with van der Waals surface area (Å²) >= 11 is 0. The molecular weight excluding hydrogens is 524 g/mol. The minimum absolute atomic E-state index is 0.0138. The topological polar surface area (TPSA) is 265 Å². The molecule has 0 aliphatic carbocycles. The van der Waals surface area contributed by atoms with Crippen molar-refractivity contribution < 1.29 is 37.6 Å². The molecule has 3 rings (SSSR count). The molecule has 204 valence electrons. The van der Waals surface area contributed by atoms with E-state index in [9.17, 15) is 27.9 Å². The molecule has 8 N–H and O–H groups in total. The summed E-state index contributed by atoms with van der Waals surface area (Å²) in [7, 11) is -1.85. The first-order valence-electron chi connectivity index (χ1n) is 10.7. The van der Waals surface area contributed by atoms with E-state index in [4.69, 9.17) is 21.1 Å². The summed E-state index contributed by atoms with van der Waals surface area (Å²) in [6.07, 6.45) is 1.68. The third-order valence-electron chi connectivity index (χ3n) is 4.72. The quantitative estimate of drug-likeness (QED) is 0.188. The number of rotatable bonds is 9. The minimum atomic E-state index is -3.67. The number of aromatic nitrogens is 4. The zero-order chi connectivity index (χ0) is 28.6. The van der Waals surface area contributed by atoms with E-state index < -0.39 is 34.0 Å². The van der Waals surface area contributed by atoms with Crippen molar-refractivity contribution in [3.8, 4) is 0 Å². The lowest BCUT2D eigenvalue weighted by Crippen LogP contribution is -2.41. The lowest BCUT2D eigenvalue weighted by atomic mass is 10.1.